The second-order valence-electron chi connectivity index (χ2n) is 22.6. The molecule has 2 aliphatic heterocycles. The van der Waals surface area contributed by atoms with Gasteiger partial charge in [0.05, 0.1) is 45.1 Å². The Morgan fingerprint density at radius 1 is 0.406 bits per heavy atom. The van der Waals surface area contributed by atoms with Crippen LogP contribution in [0.1, 0.15) is 112 Å². The van der Waals surface area contributed by atoms with E-state index in [0.29, 0.717) is 45.8 Å². The summed E-state index contributed by atoms with van der Waals surface area (Å²) in [5.41, 5.74) is 1.81. The van der Waals surface area contributed by atoms with Crippen LogP contribution < -0.4 is 56.7 Å². The Balaban J connectivity index is -0.0000000940. The van der Waals surface area contributed by atoms with Gasteiger partial charge in [-0.05, 0) is 105 Å². The number of alkyl halides is 1. The monoisotopic (exact) mass is 2060 g/mol. The van der Waals surface area contributed by atoms with Crippen molar-refractivity contribution in [1.82, 2.24) is 29.8 Å². The van der Waals surface area contributed by atoms with Gasteiger partial charge in [-0.2, -0.15) is 5.26 Å². The Labute approximate surface area is 1160 Å². The summed E-state index contributed by atoms with van der Waals surface area (Å²) in [7, 11) is 0. The van der Waals surface area contributed by atoms with E-state index in [1.807, 2.05) is 132 Å². The second-order valence-corrected chi connectivity index (χ2v) is 23.2. The number of halogens is 1. The maximum absolute atomic E-state index is 12.5. The van der Waals surface area contributed by atoms with E-state index in [2.05, 4.69) is 52.5 Å². The van der Waals surface area contributed by atoms with Crippen molar-refractivity contribution >= 4 is 753 Å². The fraction of sp³-hybridized carbons (Fsp3) is 0.649. The van der Waals surface area contributed by atoms with Crippen molar-refractivity contribution in [3.8, 4) is 6.07 Å². The van der Waals surface area contributed by atoms with Crippen molar-refractivity contribution in [1.29, 1.82) is 5.26 Å². The number of carbonyl (C=O) groups is 6. The summed E-state index contributed by atoms with van der Waals surface area (Å²) < 4.78 is 21.9. The zero-order chi connectivity index (χ0) is 81.7. The molecule has 3 N–H and O–H groups in total. The topological polar surface area (TPSA) is 249 Å². The van der Waals surface area contributed by atoms with Gasteiger partial charge in [0.25, 0.3) is 0 Å². The van der Waals surface area contributed by atoms with Crippen LogP contribution in [0.15, 0.2) is 48.5 Å². The molecule has 0 saturated carbocycles. The van der Waals surface area contributed by atoms with E-state index < -0.39 is 34.3 Å². The molecule has 0 radical (unpaired) electrons. The van der Waals surface area contributed by atoms with Gasteiger partial charge >= 0.3 is 782 Å². The summed E-state index contributed by atoms with van der Waals surface area (Å²) in [5.74, 6) is -2.60. The van der Waals surface area contributed by atoms with Gasteiger partial charge in [0.2, 0.25) is 0 Å². The molecule has 0 atom stereocenters. The molecule has 0 aliphatic carbocycles. The zero-order valence-corrected chi connectivity index (χ0v) is 145. The van der Waals surface area contributed by atoms with E-state index in [1.54, 1.807) is 6.07 Å². The molecule has 0 amide bonds. The third-order valence-corrected chi connectivity index (χ3v) is 11.2. The van der Waals surface area contributed by atoms with Crippen LogP contribution in [-0.2, 0) is 77.2 Å². The maximum atomic E-state index is 12.5. The summed E-state index contributed by atoms with van der Waals surface area (Å²) in [6, 6.07) is 16.9. The molecular formula is C57H91BrK23N7O13. The van der Waals surface area contributed by atoms with Gasteiger partial charge < -0.3 is 39.3 Å². The van der Waals surface area contributed by atoms with Crippen molar-refractivity contribution < 1.29 is 114 Å². The quantitative estimate of drug-likeness (QED) is 0.0376. The van der Waals surface area contributed by atoms with Crippen molar-refractivity contribution in [2.75, 3.05) is 105 Å². The molecule has 2 saturated heterocycles. The Morgan fingerprint density at radius 3 is 0.772 bits per heavy atom. The normalized spacial score (nSPS) is 12.9. The summed E-state index contributed by atoms with van der Waals surface area (Å²) in [4.78, 5) is 88.7. The first-order chi connectivity index (χ1) is 47.3. The SMILES string of the molecule is CC#N.CC(C)(C)OC(=O)CN1CCN(CC(=O)OC(C)(C)C)CCN(Cc2ccc(CC(=O)O)cc2)CC1.CC(C)(C)OC(=O)CN1CCNCCN(CC(=O)OC(C)(C)C)CC1.O=C(O)Cc1ccc(CBr)cc1.[CH-]=O.[K+].[K][K].[K][K].[K][K].[K][K].[K][K].[K][K].[K][K].[K][K].[K][K].[K][K].[K][K]. The molecule has 20 nitrogen and oxygen atoms in total. The standard InChI is InChI=1S/C27H43N3O6.C18H35N3O4.C9H9BrO2.C2H3N.CHO.23K/c1-26(2,3)35-24(33)19-29-13-11-28(18-22-9-7-21(8-10-22)17-23(31)32)12-14-30(16-15-29)20-25(34)36-27(4,5)6;1-17(2,3)24-15(22)13-20-9-7-19-8-10-21(12-11-20)14-16(23)25-18(4,5)6;10-6-8-3-1-7(2-4-8)5-9(11)12;1-2-3;1-2;;;;;;;;;;;;;;;;;;;;;;;/h7-10H,11-20H2,1-6H3,(H,31,32);19H,7-14H2,1-6H3;1-4H,5-6H2,(H,11,12);1H3;1H;;;;;;;;;;;;;;;;;;;;;;;/q;;;;-1;;;;;;;;;;;;;;;;;;;;;;;+1. The number of carbonyl (C=O) groups excluding carboxylic acids is 5. The molecule has 2 aromatic rings. The molecular weight excluding hydrogens is 1970 g/mol. The summed E-state index contributed by atoms with van der Waals surface area (Å²) >= 11 is 30.8. The first kappa shape index (κ1) is 161. The van der Waals surface area contributed by atoms with Gasteiger partial charge in [-0.15, -0.1) is 0 Å². The Kier molecular flexibility index (Phi) is 199. The molecule has 2 fully saturated rings. The average Bonchev–Trinajstić information content (AvgIpc) is 1.88. The number of hydrogen-bond donors (Lipinski definition) is 3. The summed E-state index contributed by atoms with van der Waals surface area (Å²) in [6.45, 7) is 37.4. The Hall–Kier alpha value is 32.3. The van der Waals surface area contributed by atoms with Gasteiger partial charge in [0.15, 0.2) is 0 Å². The molecule has 0 spiro atoms. The van der Waals surface area contributed by atoms with E-state index >= 15 is 0 Å². The van der Waals surface area contributed by atoms with Crippen molar-refractivity contribution in [2.24, 2.45) is 0 Å². The third-order valence-electron chi connectivity index (χ3n) is 10.5. The third kappa shape index (κ3) is 132. The number of ether oxygens (including phenoxy) is 4. The van der Waals surface area contributed by atoms with E-state index in [0.717, 1.165) is 66.9 Å². The molecule has 0 bridgehead atoms. The average molecular weight is 2060 g/mol. The fourth-order valence-electron chi connectivity index (χ4n) is 7.42. The number of nitrogens with one attached hydrogen (secondary N) is 1. The van der Waals surface area contributed by atoms with Gasteiger partial charge in [-0.1, -0.05) is 64.5 Å². The number of nitrogens with zero attached hydrogens (tertiary/aromatic N) is 6. The predicted octanol–water partition coefficient (Wildman–Crippen LogP) is -5.62. The van der Waals surface area contributed by atoms with E-state index in [1.165, 1.54) is 702 Å². The van der Waals surface area contributed by atoms with Crippen LogP contribution in [0.3, 0.4) is 0 Å². The Morgan fingerprint density at radius 2 is 0.584 bits per heavy atom. The number of carboxylic acid groups (broad SMARTS) is 2. The summed E-state index contributed by atoms with van der Waals surface area (Å²) in [5, 5.41) is 28.9. The molecule has 44 heteroatoms. The van der Waals surface area contributed by atoms with E-state index in [4.69, 9.17) is 39.2 Å². The number of hydrogen-bond acceptors (Lipinski definition) is 18. The number of aliphatic carboxylic acids is 2. The number of nitriles is 1. The molecule has 2 heterocycles. The van der Waals surface area contributed by atoms with Crippen molar-refractivity contribution in [3.63, 3.8) is 0 Å². The van der Waals surface area contributed by atoms with Crippen LogP contribution >= 0.6 is 15.9 Å². The zero-order valence-electron chi connectivity index (χ0n) is 71.8. The molecule has 0 unspecified atom stereocenters. The number of esters is 4. The van der Waals surface area contributed by atoms with Crippen LogP contribution in [0.25, 0.3) is 0 Å². The van der Waals surface area contributed by atoms with Crippen LogP contribution in [0.2, 0.25) is 0 Å². The Bertz CT molecular complexity index is 2130. The molecule has 462 valence electrons. The minimum absolute atomic E-state index is 0. The number of benzene rings is 2. The van der Waals surface area contributed by atoms with Crippen molar-refractivity contribution in [2.45, 2.75) is 137 Å². The van der Waals surface area contributed by atoms with Gasteiger partial charge in [-0.25, -0.2) is 0 Å². The van der Waals surface area contributed by atoms with Crippen LogP contribution in [0.5, 0.6) is 0 Å². The van der Waals surface area contributed by atoms with Gasteiger partial charge in [0.1, 0.15) is 22.4 Å². The minimum atomic E-state index is -0.849. The fourth-order valence-corrected chi connectivity index (χ4v) is 7.80. The van der Waals surface area contributed by atoms with Gasteiger partial charge in [-0.3, -0.25) is 60.1 Å². The first-order valence-electron chi connectivity index (χ1n) is 37.2. The predicted molar refractivity (Wildman–Crippen MR) is 430 cm³/mol. The van der Waals surface area contributed by atoms with Gasteiger partial charge in [0, 0.05) is 97.3 Å². The van der Waals surface area contributed by atoms with Crippen LogP contribution in [0, 0.1) is 11.3 Å². The molecule has 2 aromatic carbocycles. The van der Waals surface area contributed by atoms with Crippen LogP contribution in [-0.4, -0.2) is 899 Å². The number of rotatable bonds is 15. The molecule has 101 heavy (non-hydrogen) atoms. The second kappa shape index (κ2) is 125. The summed E-state index contributed by atoms with van der Waals surface area (Å²) in [6.07, 6.45) is 0.103. The van der Waals surface area contributed by atoms with E-state index in [9.17, 15) is 28.8 Å². The van der Waals surface area contributed by atoms with Crippen molar-refractivity contribution in [3.05, 3.63) is 70.8 Å². The van der Waals surface area contributed by atoms with Crippen LogP contribution in [0.4, 0.5) is 0 Å². The molecule has 4 rings (SSSR count). The van der Waals surface area contributed by atoms with E-state index in [-0.39, 0.29) is 114 Å². The first-order valence-corrected chi connectivity index (χ1v) is 214. The molecule has 0 aromatic heterocycles. The molecule has 2 aliphatic rings. The number of carboxylic acids is 2.